The number of rotatable bonds is 6. The van der Waals surface area contributed by atoms with Crippen LogP contribution < -0.4 is 14.2 Å². The second-order valence-corrected chi connectivity index (χ2v) is 4.36. The molecule has 0 saturated heterocycles. The van der Waals surface area contributed by atoms with Gasteiger partial charge in [-0.1, -0.05) is 18.2 Å². The first kappa shape index (κ1) is 15.1. The predicted octanol–water partition coefficient (Wildman–Crippen LogP) is 2.91. The third-order valence-electron chi connectivity index (χ3n) is 3.05. The van der Waals surface area contributed by atoms with Gasteiger partial charge in [-0.15, -0.1) is 0 Å². The summed E-state index contributed by atoms with van der Waals surface area (Å²) in [5, 5.41) is 9.34. The van der Waals surface area contributed by atoms with E-state index in [1.165, 1.54) is 20.3 Å². The summed E-state index contributed by atoms with van der Waals surface area (Å²) < 4.78 is 29.4. The molecule has 0 spiro atoms. The molecule has 2 aromatic rings. The number of aliphatic hydroxyl groups excluding tert-OH is 1. The zero-order chi connectivity index (χ0) is 15.2. The van der Waals surface area contributed by atoms with Crippen LogP contribution in [0.3, 0.4) is 0 Å². The SMILES string of the molecule is COc1ccc(COc2c(CO)cccc2OC)cc1F. The van der Waals surface area contributed by atoms with Gasteiger partial charge in [-0.2, -0.15) is 0 Å². The van der Waals surface area contributed by atoms with Gasteiger partial charge in [-0.25, -0.2) is 4.39 Å². The quantitative estimate of drug-likeness (QED) is 0.889. The predicted molar refractivity (Wildman–Crippen MR) is 76.2 cm³/mol. The molecule has 2 rings (SSSR count). The van der Waals surface area contributed by atoms with Crippen LogP contribution in [0.4, 0.5) is 4.39 Å². The molecule has 0 fully saturated rings. The van der Waals surface area contributed by atoms with Crippen LogP contribution in [0.2, 0.25) is 0 Å². The third kappa shape index (κ3) is 3.44. The molecule has 0 saturated carbocycles. The van der Waals surface area contributed by atoms with E-state index >= 15 is 0 Å². The molecule has 0 aromatic heterocycles. The van der Waals surface area contributed by atoms with Crippen LogP contribution in [-0.2, 0) is 13.2 Å². The number of hydrogen-bond donors (Lipinski definition) is 1. The van der Waals surface area contributed by atoms with Crippen LogP contribution >= 0.6 is 0 Å². The standard InChI is InChI=1S/C16H17FO4/c1-19-14-7-6-11(8-13(14)17)10-21-16-12(9-18)4-3-5-15(16)20-2/h3-8,18H,9-10H2,1-2H3. The molecule has 0 amide bonds. The molecule has 0 aliphatic carbocycles. The molecule has 21 heavy (non-hydrogen) atoms. The average Bonchev–Trinajstić information content (AvgIpc) is 2.52. The molecule has 0 radical (unpaired) electrons. The zero-order valence-corrected chi connectivity index (χ0v) is 11.9. The van der Waals surface area contributed by atoms with E-state index in [0.717, 1.165) is 0 Å². The lowest BCUT2D eigenvalue weighted by Crippen LogP contribution is -2.02. The molecule has 0 atom stereocenters. The molecule has 2 aromatic carbocycles. The zero-order valence-electron chi connectivity index (χ0n) is 11.9. The first-order chi connectivity index (χ1) is 10.2. The fraction of sp³-hybridized carbons (Fsp3) is 0.250. The smallest absolute Gasteiger partial charge is 0.167 e. The fourth-order valence-electron chi connectivity index (χ4n) is 1.97. The summed E-state index contributed by atoms with van der Waals surface area (Å²) in [6.07, 6.45) is 0. The first-order valence-corrected chi connectivity index (χ1v) is 6.41. The van der Waals surface area contributed by atoms with E-state index in [4.69, 9.17) is 14.2 Å². The van der Waals surface area contributed by atoms with Crippen molar-refractivity contribution in [1.29, 1.82) is 0 Å². The van der Waals surface area contributed by atoms with Gasteiger partial charge in [0.2, 0.25) is 0 Å². The van der Waals surface area contributed by atoms with E-state index in [1.54, 1.807) is 30.3 Å². The highest BCUT2D eigenvalue weighted by atomic mass is 19.1. The van der Waals surface area contributed by atoms with Crippen molar-refractivity contribution in [2.75, 3.05) is 14.2 Å². The number of hydrogen-bond acceptors (Lipinski definition) is 4. The molecule has 0 aliphatic heterocycles. The molecule has 0 unspecified atom stereocenters. The number of ether oxygens (including phenoxy) is 3. The summed E-state index contributed by atoms with van der Waals surface area (Å²) in [5.41, 5.74) is 1.27. The summed E-state index contributed by atoms with van der Waals surface area (Å²) in [7, 11) is 2.94. The van der Waals surface area contributed by atoms with Crippen LogP contribution in [0.15, 0.2) is 36.4 Å². The summed E-state index contributed by atoms with van der Waals surface area (Å²) in [6.45, 7) is -0.00219. The maximum Gasteiger partial charge on any atom is 0.167 e. The van der Waals surface area contributed by atoms with Gasteiger partial charge in [0, 0.05) is 5.56 Å². The Bertz CT molecular complexity index is 591. The molecule has 0 aliphatic rings. The fourth-order valence-corrected chi connectivity index (χ4v) is 1.97. The molecule has 0 bridgehead atoms. The monoisotopic (exact) mass is 292 g/mol. The van der Waals surface area contributed by atoms with Crippen molar-refractivity contribution >= 4 is 0 Å². The van der Waals surface area contributed by atoms with Crippen molar-refractivity contribution in [2.45, 2.75) is 13.2 Å². The topological polar surface area (TPSA) is 47.9 Å². The van der Waals surface area contributed by atoms with E-state index in [2.05, 4.69) is 0 Å². The van der Waals surface area contributed by atoms with Crippen LogP contribution in [0.25, 0.3) is 0 Å². The molecular formula is C16H17FO4. The van der Waals surface area contributed by atoms with Gasteiger partial charge in [-0.3, -0.25) is 0 Å². The van der Waals surface area contributed by atoms with E-state index in [1.807, 2.05) is 0 Å². The van der Waals surface area contributed by atoms with Crippen molar-refractivity contribution in [2.24, 2.45) is 0 Å². The highest BCUT2D eigenvalue weighted by Gasteiger charge is 2.11. The minimum atomic E-state index is -0.444. The van der Waals surface area contributed by atoms with E-state index in [-0.39, 0.29) is 19.0 Å². The van der Waals surface area contributed by atoms with Gasteiger partial charge in [0.1, 0.15) is 6.61 Å². The summed E-state index contributed by atoms with van der Waals surface area (Å²) in [5.74, 6) is 0.724. The summed E-state index contributed by atoms with van der Waals surface area (Å²) in [6, 6.07) is 9.87. The molecule has 112 valence electrons. The van der Waals surface area contributed by atoms with Gasteiger partial charge in [-0.05, 0) is 23.8 Å². The molecule has 4 nitrogen and oxygen atoms in total. The van der Waals surface area contributed by atoms with Gasteiger partial charge < -0.3 is 19.3 Å². The van der Waals surface area contributed by atoms with Crippen molar-refractivity contribution in [3.8, 4) is 17.2 Å². The molecule has 0 heterocycles. The van der Waals surface area contributed by atoms with Gasteiger partial charge in [0.25, 0.3) is 0 Å². The Morgan fingerprint density at radius 2 is 1.81 bits per heavy atom. The number of halogens is 1. The van der Waals surface area contributed by atoms with Crippen LogP contribution in [0.1, 0.15) is 11.1 Å². The minimum Gasteiger partial charge on any atom is -0.494 e. The van der Waals surface area contributed by atoms with Crippen LogP contribution in [0, 0.1) is 5.82 Å². The number of aliphatic hydroxyl groups is 1. The molecular weight excluding hydrogens is 275 g/mol. The second-order valence-electron chi connectivity index (χ2n) is 4.36. The largest absolute Gasteiger partial charge is 0.494 e. The van der Waals surface area contributed by atoms with Crippen molar-refractivity contribution in [3.05, 3.63) is 53.3 Å². The highest BCUT2D eigenvalue weighted by Crippen LogP contribution is 2.32. The maximum absolute atomic E-state index is 13.6. The Kier molecular flexibility index (Phi) is 5.00. The highest BCUT2D eigenvalue weighted by molar-refractivity contribution is 5.46. The van der Waals surface area contributed by atoms with Crippen LogP contribution in [-0.4, -0.2) is 19.3 Å². The Balaban J connectivity index is 2.18. The number of benzene rings is 2. The summed E-state index contributed by atoms with van der Waals surface area (Å²) >= 11 is 0. The average molecular weight is 292 g/mol. The molecule has 5 heteroatoms. The van der Waals surface area contributed by atoms with Gasteiger partial charge >= 0.3 is 0 Å². The van der Waals surface area contributed by atoms with Gasteiger partial charge in [0.05, 0.1) is 20.8 Å². The van der Waals surface area contributed by atoms with Crippen molar-refractivity contribution in [1.82, 2.24) is 0 Å². The number of para-hydroxylation sites is 1. The Morgan fingerprint density at radius 1 is 1.05 bits per heavy atom. The van der Waals surface area contributed by atoms with Crippen molar-refractivity contribution in [3.63, 3.8) is 0 Å². The normalized spacial score (nSPS) is 10.3. The Hall–Kier alpha value is -2.27. The van der Waals surface area contributed by atoms with Crippen LogP contribution in [0.5, 0.6) is 17.2 Å². The molecule has 1 N–H and O–H groups in total. The van der Waals surface area contributed by atoms with E-state index in [0.29, 0.717) is 22.6 Å². The second kappa shape index (κ2) is 6.95. The maximum atomic E-state index is 13.6. The lowest BCUT2D eigenvalue weighted by molar-refractivity contribution is 0.249. The lowest BCUT2D eigenvalue weighted by atomic mass is 10.2. The lowest BCUT2D eigenvalue weighted by Gasteiger charge is -2.14. The third-order valence-corrected chi connectivity index (χ3v) is 3.05. The Labute approximate surface area is 122 Å². The van der Waals surface area contributed by atoms with Crippen molar-refractivity contribution < 1.29 is 23.7 Å². The first-order valence-electron chi connectivity index (χ1n) is 6.41. The van der Waals surface area contributed by atoms with Gasteiger partial charge in [0.15, 0.2) is 23.1 Å². The summed E-state index contributed by atoms with van der Waals surface area (Å²) in [4.78, 5) is 0. The number of methoxy groups -OCH3 is 2. The van der Waals surface area contributed by atoms with E-state index in [9.17, 15) is 9.50 Å². The van der Waals surface area contributed by atoms with E-state index < -0.39 is 5.82 Å². The Morgan fingerprint density at radius 3 is 2.43 bits per heavy atom. The minimum absolute atomic E-state index is 0.161.